The van der Waals surface area contributed by atoms with Crippen molar-refractivity contribution in [2.45, 2.75) is 6.61 Å². The molecule has 60 valence electrons. The maximum absolute atomic E-state index is 10.6. The zero-order valence-corrected chi connectivity index (χ0v) is 5.87. The second kappa shape index (κ2) is 3.11. The molecule has 0 fully saturated rings. The summed E-state index contributed by atoms with van der Waals surface area (Å²) < 4.78 is 4.58. The van der Waals surface area contributed by atoms with Crippen LogP contribution in [0.1, 0.15) is 5.82 Å². The fraction of sp³-hybridized carbons (Fsp3) is 0.400. The highest BCUT2D eigenvalue weighted by Gasteiger charge is 1.99. The van der Waals surface area contributed by atoms with Crippen molar-refractivity contribution in [3.05, 3.63) is 16.3 Å². The van der Waals surface area contributed by atoms with Gasteiger partial charge in [0.25, 0.3) is 0 Å². The Balaban J connectivity index is 3.12. The summed E-state index contributed by atoms with van der Waals surface area (Å²) in [6.07, 6.45) is 0. The van der Waals surface area contributed by atoms with Gasteiger partial charge in [0.2, 0.25) is 0 Å². The lowest BCUT2D eigenvalue weighted by molar-refractivity contribution is 0.266. The third-order valence-corrected chi connectivity index (χ3v) is 1.01. The largest absolute Gasteiger partial charge is 0.467 e. The number of aliphatic hydroxyl groups is 1. The van der Waals surface area contributed by atoms with Crippen molar-refractivity contribution in [2.24, 2.45) is 0 Å². The van der Waals surface area contributed by atoms with E-state index in [0.29, 0.717) is 0 Å². The monoisotopic (exact) mass is 157 g/mol. The molecule has 0 atom stereocenters. The molecule has 0 bridgehead atoms. The van der Waals surface area contributed by atoms with Crippen LogP contribution in [0, 0.1) is 0 Å². The molecular formula is C5H7N3O3. The SMILES string of the molecule is COc1nc(CO)[nH]c(=O)n1. The predicted octanol–water partition coefficient (Wildman–Crippen LogP) is -1.33. The van der Waals surface area contributed by atoms with Crippen LogP contribution >= 0.6 is 0 Å². The van der Waals surface area contributed by atoms with Gasteiger partial charge in [-0.3, -0.25) is 4.98 Å². The Labute approximate surface area is 61.9 Å². The molecule has 0 saturated heterocycles. The molecule has 0 aliphatic carbocycles. The highest BCUT2D eigenvalue weighted by Crippen LogP contribution is 1.94. The van der Waals surface area contributed by atoms with E-state index in [4.69, 9.17) is 5.11 Å². The van der Waals surface area contributed by atoms with Gasteiger partial charge in [-0.25, -0.2) is 4.79 Å². The Bertz CT molecular complexity index is 270. The molecular weight excluding hydrogens is 150 g/mol. The van der Waals surface area contributed by atoms with Crippen molar-refractivity contribution < 1.29 is 9.84 Å². The van der Waals surface area contributed by atoms with Gasteiger partial charge in [0.05, 0.1) is 7.11 Å². The van der Waals surface area contributed by atoms with Crippen molar-refractivity contribution >= 4 is 0 Å². The van der Waals surface area contributed by atoms with Gasteiger partial charge in [-0.05, 0) is 0 Å². The molecule has 2 N–H and O–H groups in total. The first-order valence-corrected chi connectivity index (χ1v) is 2.88. The maximum Gasteiger partial charge on any atom is 0.351 e. The van der Waals surface area contributed by atoms with Crippen LogP contribution in [-0.4, -0.2) is 27.2 Å². The van der Waals surface area contributed by atoms with Crippen LogP contribution in [0.25, 0.3) is 0 Å². The van der Waals surface area contributed by atoms with E-state index in [0.717, 1.165) is 0 Å². The van der Waals surface area contributed by atoms with Crippen LogP contribution in [0.15, 0.2) is 4.79 Å². The molecule has 6 heteroatoms. The number of aromatic amines is 1. The Morgan fingerprint density at radius 1 is 1.64 bits per heavy atom. The lowest BCUT2D eigenvalue weighted by Gasteiger charge is -1.97. The number of nitrogens with zero attached hydrogens (tertiary/aromatic N) is 2. The van der Waals surface area contributed by atoms with Gasteiger partial charge in [-0.15, -0.1) is 4.98 Å². The van der Waals surface area contributed by atoms with Crippen LogP contribution in [0.4, 0.5) is 0 Å². The van der Waals surface area contributed by atoms with Crippen molar-refractivity contribution in [1.29, 1.82) is 0 Å². The lowest BCUT2D eigenvalue weighted by Crippen LogP contribution is -2.16. The average Bonchev–Trinajstić information content (AvgIpc) is 2.03. The number of aromatic nitrogens is 3. The van der Waals surface area contributed by atoms with Crippen molar-refractivity contribution in [2.75, 3.05) is 7.11 Å². The second-order valence-electron chi connectivity index (χ2n) is 1.75. The summed E-state index contributed by atoms with van der Waals surface area (Å²) in [5.74, 6) is 0.141. The van der Waals surface area contributed by atoms with E-state index in [9.17, 15) is 4.79 Å². The summed E-state index contributed by atoms with van der Waals surface area (Å²) in [7, 11) is 1.34. The van der Waals surface area contributed by atoms with Gasteiger partial charge in [-0.2, -0.15) is 4.98 Å². The Morgan fingerprint density at radius 2 is 2.36 bits per heavy atom. The molecule has 0 saturated carbocycles. The van der Waals surface area contributed by atoms with E-state index >= 15 is 0 Å². The zero-order chi connectivity index (χ0) is 8.27. The molecule has 6 nitrogen and oxygen atoms in total. The van der Waals surface area contributed by atoms with E-state index in [1.54, 1.807) is 0 Å². The minimum absolute atomic E-state index is 0.0437. The van der Waals surface area contributed by atoms with E-state index in [1.165, 1.54) is 7.11 Å². The van der Waals surface area contributed by atoms with Gasteiger partial charge in [0.1, 0.15) is 12.4 Å². The normalized spacial score (nSPS) is 9.64. The molecule has 0 unspecified atom stereocenters. The van der Waals surface area contributed by atoms with Crippen LogP contribution in [-0.2, 0) is 6.61 Å². The second-order valence-corrected chi connectivity index (χ2v) is 1.75. The number of H-pyrrole nitrogens is 1. The predicted molar refractivity (Wildman–Crippen MR) is 35.1 cm³/mol. The number of methoxy groups -OCH3 is 1. The first kappa shape index (κ1) is 7.67. The number of nitrogens with one attached hydrogen (secondary N) is 1. The first-order valence-electron chi connectivity index (χ1n) is 2.88. The fourth-order valence-corrected chi connectivity index (χ4v) is 0.573. The maximum atomic E-state index is 10.6. The van der Waals surface area contributed by atoms with Crippen molar-refractivity contribution in [3.8, 4) is 6.01 Å². The molecule has 1 aromatic rings. The van der Waals surface area contributed by atoms with Gasteiger partial charge >= 0.3 is 11.7 Å². The highest BCUT2D eigenvalue weighted by atomic mass is 16.5. The Kier molecular flexibility index (Phi) is 2.17. The molecule has 0 aliphatic rings. The minimum Gasteiger partial charge on any atom is -0.467 e. The quantitative estimate of drug-likeness (QED) is 0.555. The van der Waals surface area contributed by atoms with Crippen LogP contribution in [0.2, 0.25) is 0 Å². The lowest BCUT2D eigenvalue weighted by atomic mass is 10.6. The number of rotatable bonds is 2. The van der Waals surface area contributed by atoms with Crippen molar-refractivity contribution in [1.82, 2.24) is 15.0 Å². The van der Waals surface area contributed by atoms with E-state index in [2.05, 4.69) is 19.7 Å². The molecule has 1 rings (SSSR count). The van der Waals surface area contributed by atoms with Crippen LogP contribution in [0.5, 0.6) is 6.01 Å². The molecule has 0 spiro atoms. The standard InChI is InChI=1S/C5H7N3O3/c1-11-5-7-3(2-9)6-4(10)8-5/h9H,2H2,1H3,(H,6,7,8,10). The van der Waals surface area contributed by atoms with Gasteiger partial charge in [0.15, 0.2) is 0 Å². The van der Waals surface area contributed by atoms with Crippen LogP contribution in [0.3, 0.4) is 0 Å². The number of aliphatic hydroxyl groups excluding tert-OH is 1. The number of hydrogen-bond acceptors (Lipinski definition) is 5. The fourth-order valence-electron chi connectivity index (χ4n) is 0.573. The van der Waals surface area contributed by atoms with Gasteiger partial charge < -0.3 is 9.84 Å². The third kappa shape index (κ3) is 1.74. The summed E-state index contributed by atoms with van der Waals surface area (Å²) >= 11 is 0. The highest BCUT2D eigenvalue weighted by molar-refractivity contribution is 4.93. The summed E-state index contributed by atoms with van der Waals surface area (Å²) in [6, 6.07) is -0.0437. The zero-order valence-electron chi connectivity index (χ0n) is 5.87. The third-order valence-electron chi connectivity index (χ3n) is 1.01. The van der Waals surface area contributed by atoms with Gasteiger partial charge in [0, 0.05) is 0 Å². The minimum atomic E-state index is -0.582. The van der Waals surface area contributed by atoms with Crippen molar-refractivity contribution in [3.63, 3.8) is 0 Å². The summed E-state index contributed by atoms with van der Waals surface area (Å²) in [5.41, 5.74) is -0.582. The topological polar surface area (TPSA) is 88.1 Å². The van der Waals surface area contributed by atoms with E-state index in [1.807, 2.05) is 0 Å². The summed E-state index contributed by atoms with van der Waals surface area (Å²) in [6.45, 7) is -0.339. The average molecular weight is 157 g/mol. The van der Waals surface area contributed by atoms with E-state index in [-0.39, 0.29) is 18.4 Å². The summed E-state index contributed by atoms with van der Waals surface area (Å²) in [5, 5.41) is 8.57. The smallest absolute Gasteiger partial charge is 0.351 e. The molecule has 11 heavy (non-hydrogen) atoms. The Morgan fingerprint density at radius 3 is 2.91 bits per heavy atom. The number of hydrogen-bond donors (Lipinski definition) is 2. The summed E-state index contributed by atoms with van der Waals surface area (Å²) in [4.78, 5) is 19.8. The van der Waals surface area contributed by atoms with Crippen LogP contribution < -0.4 is 10.4 Å². The Hall–Kier alpha value is -1.43. The molecule has 1 heterocycles. The molecule has 0 aliphatic heterocycles. The number of ether oxygens (including phenoxy) is 1. The molecule has 1 aromatic heterocycles. The van der Waals surface area contributed by atoms with Gasteiger partial charge in [-0.1, -0.05) is 0 Å². The molecule has 0 aromatic carbocycles. The van der Waals surface area contributed by atoms with E-state index < -0.39 is 5.69 Å². The first-order chi connectivity index (χ1) is 5.26. The molecule has 0 amide bonds. The molecule has 0 radical (unpaired) electrons.